The lowest BCUT2D eigenvalue weighted by atomic mass is 10.2. The number of anilines is 1. The fourth-order valence-corrected chi connectivity index (χ4v) is 4.03. The van der Waals surface area contributed by atoms with E-state index in [9.17, 15) is 4.79 Å². The van der Waals surface area contributed by atoms with Gasteiger partial charge >= 0.3 is 0 Å². The van der Waals surface area contributed by atoms with Crippen LogP contribution in [-0.2, 0) is 4.79 Å². The highest BCUT2D eigenvalue weighted by atomic mass is 32.2. The van der Waals surface area contributed by atoms with E-state index in [2.05, 4.69) is 22.8 Å². The fraction of sp³-hybridized carbons (Fsp3) is 0.154. The van der Waals surface area contributed by atoms with Crippen molar-refractivity contribution >= 4 is 34.7 Å². The van der Waals surface area contributed by atoms with Gasteiger partial charge in [-0.1, -0.05) is 18.2 Å². The van der Waals surface area contributed by atoms with Gasteiger partial charge in [0.25, 0.3) is 0 Å². The molecule has 0 saturated heterocycles. The molecule has 0 unspecified atom stereocenters. The zero-order chi connectivity index (χ0) is 11.7. The molecule has 1 aromatic carbocycles. The Morgan fingerprint density at radius 2 is 2.06 bits per heavy atom. The van der Waals surface area contributed by atoms with Crippen LogP contribution in [-0.4, -0.2) is 5.91 Å². The third-order valence-corrected chi connectivity index (χ3v) is 5.11. The molecule has 1 aliphatic heterocycles. The number of thiophene rings is 1. The molecule has 0 bridgehead atoms. The Labute approximate surface area is 108 Å². The van der Waals surface area contributed by atoms with E-state index in [1.54, 1.807) is 23.1 Å². The van der Waals surface area contributed by atoms with Gasteiger partial charge in [-0.2, -0.15) is 0 Å². The van der Waals surface area contributed by atoms with Gasteiger partial charge in [0.2, 0.25) is 5.91 Å². The van der Waals surface area contributed by atoms with Crippen LogP contribution in [0, 0.1) is 0 Å². The fourth-order valence-electron chi connectivity index (χ4n) is 1.87. The minimum Gasteiger partial charge on any atom is -0.325 e. The zero-order valence-corrected chi connectivity index (χ0v) is 10.7. The average molecular weight is 261 g/mol. The molecule has 86 valence electrons. The lowest BCUT2D eigenvalue weighted by Crippen LogP contribution is -2.11. The molecular weight excluding hydrogens is 250 g/mol. The number of hydrogen-bond acceptors (Lipinski definition) is 3. The molecule has 1 N–H and O–H groups in total. The second-order valence-electron chi connectivity index (χ2n) is 3.87. The van der Waals surface area contributed by atoms with Crippen LogP contribution in [0.15, 0.2) is 46.7 Å². The molecule has 0 saturated carbocycles. The van der Waals surface area contributed by atoms with Crippen molar-refractivity contribution in [1.82, 2.24) is 0 Å². The van der Waals surface area contributed by atoms with E-state index in [-0.39, 0.29) is 11.2 Å². The number of benzene rings is 1. The van der Waals surface area contributed by atoms with Crippen molar-refractivity contribution in [2.75, 3.05) is 5.32 Å². The number of para-hydroxylation sites is 1. The molecule has 0 spiro atoms. The molecule has 1 amide bonds. The van der Waals surface area contributed by atoms with Gasteiger partial charge in [0.05, 0.1) is 10.9 Å². The summed E-state index contributed by atoms with van der Waals surface area (Å²) in [7, 11) is 0. The van der Waals surface area contributed by atoms with Gasteiger partial charge in [-0.25, -0.2) is 0 Å². The second-order valence-corrected chi connectivity index (χ2v) is 6.09. The van der Waals surface area contributed by atoms with Crippen LogP contribution in [0.2, 0.25) is 0 Å². The smallest absolute Gasteiger partial charge is 0.225 e. The van der Waals surface area contributed by atoms with Crippen LogP contribution < -0.4 is 5.32 Å². The summed E-state index contributed by atoms with van der Waals surface area (Å²) in [6, 6.07) is 12.1. The maximum Gasteiger partial charge on any atom is 0.225 e. The summed E-state index contributed by atoms with van der Waals surface area (Å²) in [5.41, 5.74) is 0.932. The number of hydrogen-bond donors (Lipinski definition) is 1. The van der Waals surface area contributed by atoms with Gasteiger partial charge in [-0.15, -0.1) is 23.1 Å². The Morgan fingerprint density at radius 1 is 1.18 bits per heavy atom. The van der Waals surface area contributed by atoms with E-state index >= 15 is 0 Å². The van der Waals surface area contributed by atoms with Gasteiger partial charge < -0.3 is 5.32 Å². The number of thioether (sulfide) groups is 1. The third-order valence-electron chi connectivity index (χ3n) is 2.66. The van der Waals surface area contributed by atoms with Crippen LogP contribution in [0.1, 0.15) is 16.5 Å². The summed E-state index contributed by atoms with van der Waals surface area (Å²) >= 11 is 3.48. The highest BCUT2D eigenvalue weighted by Crippen LogP contribution is 2.44. The largest absolute Gasteiger partial charge is 0.325 e. The number of nitrogens with one attached hydrogen (secondary N) is 1. The predicted octanol–water partition coefficient (Wildman–Crippen LogP) is 3.92. The maximum absolute atomic E-state index is 11.8. The monoisotopic (exact) mass is 261 g/mol. The van der Waals surface area contributed by atoms with Crippen LogP contribution in [0.5, 0.6) is 0 Å². The predicted molar refractivity (Wildman–Crippen MR) is 72.6 cm³/mol. The molecule has 0 fully saturated rings. The molecule has 2 heterocycles. The molecule has 1 aliphatic rings. The highest BCUT2D eigenvalue weighted by Gasteiger charge is 2.23. The first-order valence-electron chi connectivity index (χ1n) is 5.42. The third kappa shape index (κ3) is 2.23. The van der Waals surface area contributed by atoms with Crippen LogP contribution in [0.25, 0.3) is 0 Å². The minimum atomic E-state index is 0.0980. The number of rotatable bonds is 1. The standard InChI is InChI=1S/C13H11NOS2/c15-13-8-12(11-6-3-7-16-11)17-10-5-2-1-4-9(10)14-13/h1-7,12H,8H2,(H,14,15)/t12-/m1/s1. The molecule has 1 aromatic heterocycles. The van der Waals surface area contributed by atoms with E-state index in [1.807, 2.05) is 24.3 Å². The Bertz CT molecular complexity index is 536. The second kappa shape index (κ2) is 4.55. The van der Waals surface area contributed by atoms with Gasteiger partial charge in [0.1, 0.15) is 0 Å². The van der Waals surface area contributed by atoms with Gasteiger partial charge in [-0.3, -0.25) is 4.79 Å². The van der Waals surface area contributed by atoms with Crippen molar-refractivity contribution < 1.29 is 4.79 Å². The summed E-state index contributed by atoms with van der Waals surface area (Å²) in [6.07, 6.45) is 0.542. The number of carbonyl (C=O) groups is 1. The Morgan fingerprint density at radius 3 is 2.88 bits per heavy atom. The first-order valence-corrected chi connectivity index (χ1v) is 7.18. The van der Waals surface area contributed by atoms with Crippen LogP contribution in [0.4, 0.5) is 5.69 Å². The molecule has 0 aliphatic carbocycles. The van der Waals surface area contributed by atoms with Crippen molar-refractivity contribution in [3.63, 3.8) is 0 Å². The molecule has 4 heteroatoms. The normalized spacial score (nSPS) is 19.3. The molecule has 1 atom stereocenters. The van der Waals surface area contributed by atoms with Gasteiger partial charge in [-0.05, 0) is 23.6 Å². The Kier molecular flexibility index (Phi) is 2.91. The summed E-state index contributed by atoms with van der Waals surface area (Å²) in [5.74, 6) is 0.0980. The summed E-state index contributed by atoms with van der Waals surface area (Å²) in [6.45, 7) is 0. The zero-order valence-electron chi connectivity index (χ0n) is 9.05. The van der Waals surface area contributed by atoms with E-state index in [4.69, 9.17) is 0 Å². The summed E-state index contributed by atoms with van der Waals surface area (Å²) < 4.78 is 0. The van der Waals surface area contributed by atoms with Crippen LogP contribution >= 0.6 is 23.1 Å². The summed E-state index contributed by atoms with van der Waals surface area (Å²) in [4.78, 5) is 14.2. The number of amides is 1. The topological polar surface area (TPSA) is 29.1 Å². The van der Waals surface area contributed by atoms with Crippen molar-refractivity contribution in [3.8, 4) is 0 Å². The van der Waals surface area contributed by atoms with E-state index in [0.717, 1.165) is 10.6 Å². The molecule has 3 rings (SSSR count). The van der Waals surface area contributed by atoms with Gasteiger partial charge in [0.15, 0.2) is 0 Å². The Balaban J connectivity index is 1.98. The molecule has 2 aromatic rings. The molecular formula is C13H11NOS2. The lowest BCUT2D eigenvalue weighted by Gasteiger charge is -2.10. The van der Waals surface area contributed by atoms with E-state index in [0.29, 0.717) is 6.42 Å². The van der Waals surface area contributed by atoms with Crippen molar-refractivity contribution in [2.45, 2.75) is 16.6 Å². The van der Waals surface area contributed by atoms with Crippen molar-refractivity contribution in [1.29, 1.82) is 0 Å². The quantitative estimate of drug-likeness (QED) is 0.843. The maximum atomic E-state index is 11.8. The van der Waals surface area contributed by atoms with Crippen molar-refractivity contribution in [3.05, 3.63) is 46.7 Å². The molecule has 0 radical (unpaired) electrons. The first-order chi connectivity index (χ1) is 8.33. The lowest BCUT2D eigenvalue weighted by molar-refractivity contribution is -0.116. The van der Waals surface area contributed by atoms with E-state index in [1.165, 1.54) is 4.88 Å². The number of carbonyl (C=O) groups excluding carboxylic acids is 1. The highest BCUT2D eigenvalue weighted by molar-refractivity contribution is 7.99. The average Bonchev–Trinajstić information content (AvgIpc) is 2.79. The SMILES string of the molecule is O=C1C[C@H](c2cccs2)Sc2ccccc2N1. The minimum absolute atomic E-state index is 0.0980. The molecule has 17 heavy (non-hydrogen) atoms. The Hall–Kier alpha value is -1.26. The van der Waals surface area contributed by atoms with Crippen molar-refractivity contribution in [2.24, 2.45) is 0 Å². The molecule has 2 nitrogen and oxygen atoms in total. The van der Waals surface area contributed by atoms with E-state index < -0.39 is 0 Å². The first kappa shape index (κ1) is 10.9. The van der Waals surface area contributed by atoms with Gasteiger partial charge in [0, 0.05) is 16.2 Å². The van der Waals surface area contributed by atoms with Crippen LogP contribution in [0.3, 0.4) is 0 Å². The summed E-state index contributed by atoms with van der Waals surface area (Å²) in [5, 5.41) is 5.25. The number of fused-ring (bicyclic) bond motifs is 1.